The summed E-state index contributed by atoms with van der Waals surface area (Å²) in [6, 6.07) is 13.3. The van der Waals surface area contributed by atoms with E-state index in [1.165, 1.54) is 11.1 Å². The lowest BCUT2D eigenvalue weighted by Gasteiger charge is -2.15. The van der Waals surface area contributed by atoms with Gasteiger partial charge in [0.2, 0.25) is 5.91 Å². The van der Waals surface area contributed by atoms with Crippen molar-refractivity contribution in [2.75, 3.05) is 20.3 Å². The minimum atomic E-state index is -0.321. The van der Waals surface area contributed by atoms with Crippen molar-refractivity contribution in [3.63, 3.8) is 0 Å². The summed E-state index contributed by atoms with van der Waals surface area (Å²) in [6.07, 6.45) is -0.171. The highest BCUT2D eigenvalue weighted by molar-refractivity contribution is 5.78. The van der Waals surface area contributed by atoms with Gasteiger partial charge in [-0.25, -0.2) is 0 Å². The van der Waals surface area contributed by atoms with Gasteiger partial charge < -0.3 is 19.5 Å². The third-order valence-electron chi connectivity index (χ3n) is 4.46. The topological polar surface area (TPSA) is 80.6 Å². The highest BCUT2D eigenvalue weighted by Crippen LogP contribution is 2.26. The van der Waals surface area contributed by atoms with Crippen molar-refractivity contribution >= 4 is 5.91 Å². The molecule has 2 rings (SSSR count). The van der Waals surface area contributed by atoms with E-state index in [1.54, 1.807) is 19.2 Å². The number of carbonyl (C=O) groups is 1. The Kier molecular flexibility index (Phi) is 8.35. The molecule has 0 heterocycles. The van der Waals surface area contributed by atoms with Crippen molar-refractivity contribution in [1.82, 2.24) is 5.32 Å². The molecule has 0 unspecified atom stereocenters. The van der Waals surface area contributed by atoms with Gasteiger partial charge in [-0.1, -0.05) is 19.9 Å². The van der Waals surface area contributed by atoms with Crippen molar-refractivity contribution < 1.29 is 19.0 Å². The Morgan fingerprint density at radius 2 is 1.83 bits per heavy atom. The lowest BCUT2D eigenvalue weighted by Crippen LogP contribution is -2.22. The molecule has 0 aliphatic heterocycles. The number of ether oxygens (including phenoxy) is 3. The van der Waals surface area contributed by atoms with Crippen LogP contribution in [0.3, 0.4) is 0 Å². The zero-order chi connectivity index (χ0) is 21.2. The van der Waals surface area contributed by atoms with Crippen molar-refractivity contribution in [2.24, 2.45) is 0 Å². The van der Waals surface area contributed by atoms with Crippen LogP contribution in [-0.2, 0) is 11.3 Å². The van der Waals surface area contributed by atoms with Crippen LogP contribution in [0.15, 0.2) is 36.4 Å². The number of nitrogens with zero attached hydrogens (tertiary/aromatic N) is 1. The predicted molar refractivity (Wildman–Crippen MR) is 111 cm³/mol. The average molecular weight is 396 g/mol. The van der Waals surface area contributed by atoms with Crippen molar-refractivity contribution in [3.8, 4) is 23.3 Å². The van der Waals surface area contributed by atoms with E-state index in [0.717, 1.165) is 11.3 Å². The van der Waals surface area contributed by atoms with E-state index in [-0.39, 0.29) is 18.9 Å². The zero-order valence-electron chi connectivity index (χ0n) is 17.5. The second kappa shape index (κ2) is 11.0. The van der Waals surface area contributed by atoms with Crippen LogP contribution in [0.1, 0.15) is 42.9 Å². The first-order valence-electron chi connectivity index (χ1n) is 9.61. The van der Waals surface area contributed by atoms with Crippen molar-refractivity contribution in [1.29, 1.82) is 5.26 Å². The molecule has 1 N–H and O–H groups in total. The van der Waals surface area contributed by atoms with Crippen LogP contribution in [0.25, 0.3) is 0 Å². The van der Waals surface area contributed by atoms with Gasteiger partial charge in [0, 0.05) is 18.2 Å². The van der Waals surface area contributed by atoms with Gasteiger partial charge >= 0.3 is 0 Å². The van der Waals surface area contributed by atoms with E-state index in [4.69, 9.17) is 19.5 Å². The minimum absolute atomic E-state index is 0.171. The van der Waals surface area contributed by atoms with Gasteiger partial charge in [0.25, 0.3) is 0 Å². The highest BCUT2D eigenvalue weighted by atomic mass is 16.5. The highest BCUT2D eigenvalue weighted by Gasteiger charge is 2.09. The van der Waals surface area contributed by atoms with E-state index in [1.807, 2.05) is 24.3 Å². The molecular formula is C23H28N2O4. The van der Waals surface area contributed by atoms with Gasteiger partial charge in [-0.05, 0) is 48.2 Å². The summed E-state index contributed by atoms with van der Waals surface area (Å²) in [5.41, 5.74) is 3.32. The van der Waals surface area contributed by atoms with Crippen molar-refractivity contribution in [3.05, 3.63) is 53.1 Å². The molecule has 6 nitrogen and oxygen atoms in total. The number of hydrogen-bond donors (Lipinski definition) is 1. The Morgan fingerprint density at radius 1 is 1.10 bits per heavy atom. The zero-order valence-corrected chi connectivity index (χ0v) is 17.5. The summed E-state index contributed by atoms with van der Waals surface area (Å²) in [7, 11) is 1.58. The molecular weight excluding hydrogens is 368 g/mol. The molecule has 0 saturated heterocycles. The Labute approximate surface area is 172 Å². The van der Waals surface area contributed by atoms with E-state index in [0.29, 0.717) is 30.6 Å². The lowest BCUT2D eigenvalue weighted by atomic mass is 9.98. The number of methoxy groups -OCH3 is 1. The number of carbonyl (C=O) groups excluding carboxylic acids is 1. The van der Waals surface area contributed by atoms with Gasteiger partial charge in [0.1, 0.15) is 36.9 Å². The molecule has 2 aromatic rings. The monoisotopic (exact) mass is 396 g/mol. The lowest BCUT2D eigenvalue weighted by molar-refractivity contribution is -0.120. The van der Waals surface area contributed by atoms with Gasteiger partial charge in [-0.2, -0.15) is 5.26 Å². The molecule has 1 amide bonds. The summed E-state index contributed by atoms with van der Waals surface area (Å²) in [4.78, 5) is 11.5. The second-order valence-corrected chi connectivity index (χ2v) is 6.96. The van der Waals surface area contributed by atoms with Crippen LogP contribution >= 0.6 is 0 Å². The van der Waals surface area contributed by atoms with Crippen molar-refractivity contribution in [2.45, 2.75) is 39.7 Å². The van der Waals surface area contributed by atoms with Gasteiger partial charge in [0.15, 0.2) is 0 Å². The van der Waals surface area contributed by atoms with Crippen LogP contribution in [0.4, 0.5) is 0 Å². The van der Waals surface area contributed by atoms with Crippen LogP contribution < -0.4 is 19.5 Å². The second-order valence-electron chi connectivity index (χ2n) is 6.96. The number of aryl methyl sites for hydroxylation is 1. The summed E-state index contributed by atoms with van der Waals surface area (Å²) in [6.45, 7) is 7.43. The number of rotatable bonds is 10. The third-order valence-corrected chi connectivity index (χ3v) is 4.46. The summed E-state index contributed by atoms with van der Waals surface area (Å²) in [5.74, 6) is 2.24. The summed E-state index contributed by atoms with van der Waals surface area (Å²) in [5, 5.41) is 11.3. The first-order valence-corrected chi connectivity index (χ1v) is 9.61. The molecule has 2 aromatic carbocycles. The molecule has 154 valence electrons. The maximum Gasteiger partial charge on any atom is 0.234 e. The molecule has 29 heavy (non-hydrogen) atoms. The number of amides is 1. The Morgan fingerprint density at radius 3 is 2.48 bits per heavy atom. The van der Waals surface area contributed by atoms with Crippen LogP contribution in [-0.4, -0.2) is 26.2 Å². The fourth-order valence-electron chi connectivity index (χ4n) is 2.97. The molecule has 0 fully saturated rings. The normalized spacial score (nSPS) is 10.3. The Balaban J connectivity index is 1.94. The number of benzene rings is 2. The molecule has 0 spiro atoms. The number of nitrogens with one attached hydrogen (secondary N) is 1. The summed E-state index contributed by atoms with van der Waals surface area (Å²) >= 11 is 0. The molecule has 6 heteroatoms. The largest absolute Gasteiger partial charge is 0.497 e. The van der Waals surface area contributed by atoms with E-state index in [2.05, 4.69) is 32.2 Å². The van der Waals surface area contributed by atoms with Gasteiger partial charge in [-0.15, -0.1) is 0 Å². The summed E-state index contributed by atoms with van der Waals surface area (Å²) < 4.78 is 16.9. The molecule has 0 bridgehead atoms. The number of nitriles is 1. The SMILES string of the molecule is COc1ccc(CNC(=O)CC#N)c(OCCOc2ccc(C(C)C)c(C)c2)c1. The minimum Gasteiger partial charge on any atom is -0.497 e. The molecule has 0 aromatic heterocycles. The van der Waals surface area contributed by atoms with Crippen LogP contribution in [0, 0.1) is 18.3 Å². The maximum atomic E-state index is 11.5. The average Bonchev–Trinajstić information content (AvgIpc) is 2.70. The van der Waals surface area contributed by atoms with E-state index in [9.17, 15) is 4.79 Å². The Bertz CT molecular complexity index is 872. The Hall–Kier alpha value is -3.20. The smallest absolute Gasteiger partial charge is 0.234 e. The van der Waals surface area contributed by atoms with Gasteiger partial charge in [-0.3, -0.25) is 4.79 Å². The van der Waals surface area contributed by atoms with Crippen LogP contribution in [0.2, 0.25) is 0 Å². The predicted octanol–water partition coefficient (Wildman–Crippen LogP) is 4.11. The molecule has 0 aliphatic rings. The van der Waals surface area contributed by atoms with Gasteiger partial charge in [0.05, 0.1) is 13.2 Å². The molecule has 0 atom stereocenters. The third kappa shape index (κ3) is 6.72. The molecule has 0 radical (unpaired) electrons. The first-order chi connectivity index (χ1) is 13.9. The fraction of sp³-hybridized carbons (Fsp3) is 0.391. The molecule has 0 aliphatic carbocycles. The standard InChI is InChI=1S/C23H28N2O4/c1-16(2)21-8-7-20(13-17(21)3)28-11-12-29-22-14-19(27-4)6-5-18(22)15-25-23(26)9-10-24/h5-8,13-14,16H,9,11-12,15H2,1-4H3,(H,25,26). The van der Waals surface area contributed by atoms with E-state index < -0.39 is 0 Å². The first kappa shape index (κ1) is 22.1. The fourth-order valence-corrected chi connectivity index (χ4v) is 2.97. The van der Waals surface area contributed by atoms with Crippen LogP contribution in [0.5, 0.6) is 17.2 Å². The quantitative estimate of drug-likeness (QED) is 0.611. The number of hydrogen-bond acceptors (Lipinski definition) is 5. The molecule has 0 saturated carbocycles. The maximum absolute atomic E-state index is 11.5. The van der Waals surface area contributed by atoms with E-state index >= 15 is 0 Å².